The molecule has 0 radical (unpaired) electrons. The van der Waals surface area contributed by atoms with Crippen LogP contribution in [-0.4, -0.2) is 5.71 Å². The van der Waals surface area contributed by atoms with Crippen molar-refractivity contribution in [3.05, 3.63) is 106 Å². The van der Waals surface area contributed by atoms with E-state index in [-0.39, 0.29) is 12.0 Å². The van der Waals surface area contributed by atoms with Crippen LogP contribution in [0.4, 0.5) is 0 Å². The smallest absolute Gasteiger partial charge is 0.165 e. The first-order valence-corrected chi connectivity index (χ1v) is 9.07. The zero-order chi connectivity index (χ0) is 18.1. The maximum absolute atomic E-state index is 6.00. The van der Waals surface area contributed by atoms with Crippen molar-refractivity contribution in [3.8, 4) is 0 Å². The minimum atomic E-state index is -0.103. The highest BCUT2D eigenvalue weighted by atomic mass is 16.6. The Morgan fingerprint density at radius 2 is 1.27 bits per heavy atom. The fraction of sp³-hybridized carbons (Fsp3) is 0.208. The van der Waals surface area contributed by atoms with Gasteiger partial charge in [-0.15, -0.1) is 0 Å². The van der Waals surface area contributed by atoms with E-state index < -0.39 is 0 Å². The lowest BCUT2D eigenvalue weighted by atomic mass is 9.81. The van der Waals surface area contributed by atoms with Crippen LogP contribution in [0.2, 0.25) is 0 Å². The van der Waals surface area contributed by atoms with Crippen LogP contribution in [0.15, 0.2) is 78.0 Å². The molecule has 2 atom stereocenters. The molecule has 0 fully saturated rings. The van der Waals surface area contributed by atoms with Gasteiger partial charge in [0.25, 0.3) is 0 Å². The largest absolute Gasteiger partial charge is 0.386 e. The van der Waals surface area contributed by atoms with Gasteiger partial charge in [0.2, 0.25) is 0 Å². The lowest BCUT2D eigenvalue weighted by Gasteiger charge is -2.21. The van der Waals surface area contributed by atoms with Crippen molar-refractivity contribution in [1.29, 1.82) is 0 Å². The van der Waals surface area contributed by atoms with Crippen LogP contribution >= 0.6 is 0 Å². The summed E-state index contributed by atoms with van der Waals surface area (Å²) in [6.45, 7) is 6.46. The molecule has 1 aliphatic heterocycles. The lowest BCUT2D eigenvalue weighted by Crippen LogP contribution is -2.18. The van der Waals surface area contributed by atoms with Crippen LogP contribution in [0.3, 0.4) is 0 Å². The molecule has 0 spiro atoms. The normalized spacial score (nSPS) is 19.1. The first kappa shape index (κ1) is 16.6. The van der Waals surface area contributed by atoms with Gasteiger partial charge in [-0.3, -0.25) is 0 Å². The zero-order valence-corrected chi connectivity index (χ0v) is 15.4. The van der Waals surface area contributed by atoms with Gasteiger partial charge < -0.3 is 4.84 Å². The predicted molar refractivity (Wildman–Crippen MR) is 107 cm³/mol. The van der Waals surface area contributed by atoms with E-state index in [0.29, 0.717) is 0 Å². The summed E-state index contributed by atoms with van der Waals surface area (Å²) < 4.78 is 0. The Bertz CT molecular complexity index is 921. The molecule has 130 valence electrons. The minimum absolute atomic E-state index is 0.0821. The quantitative estimate of drug-likeness (QED) is 0.584. The Morgan fingerprint density at radius 3 is 1.85 bits per heavy atom. The molecule has 26 heavy (non-hydrogen) atoms. The molecule has 0 bridgehead atoms. The number of hydrogen-bond acceptors (Lipinski definition) is 2. The molecule has 1 aliphatic rings. The van der Waals surface area contributed by atoms with E-state index in [0.717, 1.165) is 11.3 Å². The van der Waals surface area contributed by atoms with Crippen molar-refractivity contribution in [2.75, 3.05) is 0 Å². The van der Waals surface area contributed by atoms with E-state index in [1.54, 1.807) is 0 Å². The molecule has 2 nitrogen and oxygen atoms in total. The second-order valence-corrected chi connectivity index (χ2v) is 7.08. The summed E-state index contributed by atoms with van der Waals surface area (Å²) in [5, 5.41) is 4.59. The summed E-state index contributed by atoms with van der Waals surface area (Å²) in [7, 11) is 0. The summed E-state index contributed by atoms with van der Waals surface area (Å²) in [4.78, 5) is 6.00. The average Bonchev–Trinajstić information content (AvgIpc) is 3.07. The summed E-state index contributed by atoms with van der Waals surface area (Å²) in [5.74, 6) is 0.0821. The third-order valence-electron chi connectivity index (χ3n) is 5.08. The van der Waals surface area contributed by atoms with E-state index in [4.69, 9.17) is 4.84 Å². The van der Waals surface area contributed by atoms with Crippen molar-refractivity contribution in [2.24, 2.45) is 5.16 Å². The van der Waals surface area contributed by atoms with Crippen LogP contribution in [0.1, 0.15) is 45.4 Å². The van der Waals surface area contributed by atoms with E-state index >= 15 is 0 Å². The number of benzene rings is 3. The molecule has 0 saturated heterocycles. The number of nitrogens with zero attached hydrogens (tertiary/aromatic N) is 1. The number of aryl methyl sites for hydroxylation is 3. The van der Waals surface area contributed by atoms with Gasteiger partial charge in [-0.2, -0.15) is 0 Å². The van der Waals surface area contributed by atoms with Gasteiger partial charge in [-0.25, -0.2) is 0 Å². The summed E-state index contributed by atoms with van der Waals surface area (Å²) in [6.07, 6.45) is -0.103. The van der Waals surface area contributed by atoms with Crippen molar-refractivity contribution in [3.63, 3.8) is 0 Å². The molecule has 2 heteroatoms. The first-order valence-electron chi connectivity index (χ1n) is 9.07. The van der Waals surface area contributed by atoms with Crippen molar-refractivity contribution in [1.82, 2.24) is 0 Å². The predicted octanol–water partition coefficient (Wildman–Crippen LogP) is 5.87. The Hall–Kier alpha value is -2.87. The van der Waals surface area contributed by atoms with Gasteiger partial charge >= 0.3 is 0 Å². The van der Waals surface area contributed by atoms with E-state index in [9.17, 15) is 0 Å². The van der Waals surface area contributed by atoms with Crippen LogP contribution in [0.5, 0.6) is 0 Å². The highest BCUT2D eigenvalue weighted by Crippen LogP contribution is 2.42. The van der Waals surface area contributed by atoms with Crippen LogP contribution in [-0.2, 0) is 4.84 Å². The zero-order valence-electron chi connectivity index (χ0n) is 15.4. The third-order valence-corrected chi connectivity index (χ3v) is 5.08. The molecule has 3 aromatic carbocycles. The standard InChI is InChI=1S/C24H23NO/c1-16-14-17(2)21(18(3)15-16)23-22(19-10-6-4-7-11-19)24(26-25-23)20-12-8-5-9-13-20/h4-15,22,24H,1-3H3/t22-,24+/m1/s1. The molecule has 0 unspecified atom stereocenters. The first-order chi connectivity index (χ1) is 12.6. The highest BCUT2D eigenvalue weighted by Gasteiger charge is 2.38. The van der Waals surface area contributed by atoms with Crippen molar-refractivity contribution in [2.45, 2.75) is 32.8 Å². The van der Waals surface area contributed by atoms with E-state index in [1.165, 1.54) is 27.8 Å². The molecule has 0 saturated carbocycles. The second-order valence-electron chi connectivity index (χ2n) is 7.08. The molecule has 3 aromatic rings. The molecule has 0 N–H and O–H groups in total. The molecule has 1 heterocycles. The van der Waals surface area contributed by atoms with Gasteiger partial charge in [-0.1, -0.05) is 83.5 Å². The topological polar surface area (TPSA) is 21.6 Å². The molecular weight excluding hydrogens is 318 g/mol. The van der Waals surface area contributed by atoms with Crippen LogP contribution in [0, 0.1) is 20.8 Å². The Labute approximate surface area is 155 Å². The van der Waals surface area contributed by atoms with Crippen LogP contribution < -0.4 is 0 Å². The molecule has 0 aromatic heterocycles. The fourth-order valence-corrected chi connectivity index (χ4v) is 4.05. The number of hydrogen-bond donors (Lipinski definition) is 0. The minimum Gasteiger partial charge on any atom is -0.386 e. The monoisotopic (exact) mass is 341 g/mol. The fourth-order valence-electron chi connectivity index (χ4n) is 4.05. The van der Waals surface area contributed by atoms with Crippen molar-refractivity contribution >= 4 is 5.71 Å². The maximum Gasteiger partial charge on any atom is 0.165 e. The van der Waals surface area contributed by atoms with Crippen molar-refractivity contribution < 1.29 is 4.84 Å². The van der Waals surface area contributed by atoms with Gasteiger partial charge in [0.05, 0.1) is 11.6 Å². The summed E-state index contributed by atoms with van der Waals surface area (Å²) >= 11 is 0. The lowest BCUT2D eigenvalue weighted by molar-refractivity contribution is 0.0763. The third kappa shape index (κ3) is 2.92. The molecule has 4 rings (SSSR count). The SMILES string of the molecule is Cc1cc(C)c(C2=NO[C@@H](c3ccccc3)[C@@H]2c2ccccc2)c(C)c1. The number of oxime groups is 1. The van der Waals surface area contributed by atoms with E-state index in [1.807, 2.05) is 6.07 Å². The second kappa shape index (κ2) is 6.80. The van der Waals surface area contributed by atoms with Gasteiger partial charge in [-0.05, 0) is 43.0 Å². The highest BCUT2D eigenvalue weighted by molar-refractivity contribution is 6.08. The Morgan fingerprint density at radius 1 is 0.731 bits per heavy atom. The van der Waals surface area contributed by atoms with Crippen LogP contribution in [0.25, 0.3) is 0 Å². The Balaban J connectivity index is 1.85. The Kier molecular flexibility index (Phi) is 4.34. The average molecular weight is 341 g/mol. The number of rotatable bonds is 3. The van der Waals surface area contributed by atoms with Gasteiger partial charge in [0, 0.05) is 5.56 Å². The summed E-state index contributed by atoms with van der Waals surface area (Å²) in [5.41, 5.74) is 8.40. The molecule has 0 aliphatic carbocycles. The van der Waals surface area contributed by atoms with Gasteiger partial charge in [0.1, 0.15) is 0 Å². The molecular formula is C24H23NO. The maximum atomic E-state index is 6.00. The summed E-state index contributed by atoms with van der Waals surface area (Å²) in [6, 6.07) is 25.4. The van der Waals surface area contributed by atoms with E-state index in [2.05, 4.69) is 92.7 Å². The van der Waals surface area contributed by atoms with Gasteiger partial charge in [0.15, 0.2) is 6.10 Å². The molecule has 0 amide bonds.